The van der Waals surface area contributed by atoms with Crippen molar-refractivity contribution >= 4 is 22.5 Å². The number of aromatic nitrogens is 3. The molecule has 2 heterocycles. The van der Waals surface area contributed by atoms with E-state index in [1.54, 1.807) is 6.33 Å². The molecule has 2 aromatic heterocycles. The van der Waals surface area contributed by atoms with Crippen molar-refractivity contribution in [3.8, 4) is 0 Å². The van der Waals surface area contributed by atoms with E-state index < -0.39 is 0 Å². The van der Waals surface area contributed by atoms with Crippen LogP contribution in [0.15, 0.2) is 18.6 Å². The summed E-state index contributed by atoms with van der Waals surface area (Å²) in [5.74, 6) is 1.84. The SMILES string of the molecule is CN(C)CCCNc1cc2c(NC3CCCCCCC3)ncnc2cn1. The monoisotopic (exact) mass is 356 g/mol. The predicted octanol–water partition coefficient (Wildman–Crippen LogP) is 3.91. The first-order valence-electron chi connectivity index (χ1n) is 9.98. The molecule has 142 valence electrons. The van der Waals surface area contributed by atoms with Crippen molar-refractivity contribution in [1.82, 2.24) is 19.9 Å². The maximum Gasteiger partial charge on any atom is 0.137 e. The van der Waals surface area contributed by atoms with E-state index in [1.807, 2.05) is 6.20 Å². The van der Waals surface area contributed by atoms with Gasteiger partial charge >= 0.3 is 0 Å². The summed E-state index contributed by atoms with van der Waals surface area (Å²) in [5, 5.41) is 8.16. The van der Waals surface area contributed by atoms with Crippen LogP contribution in [0.25, 0.3) is 10.9 Å². The van der Waals surface area contributed by atoms with Gasteiger partial charge in [0.1, 0.15) is 18.0 Å². The third-order valence-corrected chi connectivity index (χ3v) is 5.06. The molecule has 0 radical (unpaired) electrons. The van der Waals surface area contributed by atoms with Crippen LogP contribution in [0, 0.1) is 0 Å². The van der Waals surface area contributed by atoms with Gasteiger partial charge in [-0.3, -0.25) is 0 Å². The van der Waals surface area contributed by atoms with Crippen LogP contribution >= 0.6 is 0 Å². The van der Waals surface area contributed by atoms with Gasteiger partial charge in [-0.05, 0) is 46.0 Å². The molecule has 0 bridgehead atoms. The Morgan fingerprint density at radius 3 is 2.58 bits per heavy atom. The van der Waals surface area contributed by atoms with Gasteiger partial charge in [0.2, 0.25) is 0 Å². The molecule has 1 aliphatic rings. The van der Waals surface area contributed by atoms with Crippen LogP contribution < -0.4 is 10.6 Å². The number of hydrogen-bond donors (Lipinski definition) is 2. The van der Waals surface area contributed by atoms with E-state index in [2.05, 4.69) is 50.6 Å². The molecule has 0 aliphatic heterocycles. The quantitative estimate of drug-likeness (QED) is 0.733. The van der Waals surface area contributed by atoms with Crippen LogP contribution in [-0.2, 0) is 0 Å². The zero-order valence-corrected chi connectivity index (χ0v) is 16.2. The van der Waals surface area contributed by atoms with Crippen LogP contribution in [0.3, 0.4) is 0 Å². The summed E-state index contributed by atoms with van der Waals surface area (Å²) < 4.78 is 0. The van der Waals surface area contributed by atoms with E-state index in [1.165, 1.54) is 44.9 Å². The van der Waals surface area contributed by atoms with E-state index in [-0.39, 0.29) is 0 Å². The van der Waals surface area contributed by atoms with Crippen LogP contribution in [0.2, 0.25) is 0 Å². The van der Waals surface area contributed by atoms with Gasteiger partial charge in [-0.1, -0.05) is 32.1 Å². The number of anilines is 2. The molecule has 0 spiro atoms. The Balaban J connectivity index is 1.69. The van der Waals surface area contributed by atoms with Crippen molar-refractivity contribution in [1.29, 1.82) is 0 Å². The highest BCUT2D eigenvalue weighted by atomic mass is 15.1. The largest absolute Gasteiger partial charge is 0.370 e. The second-order valence-corrected chi connectivity index (χ2v) is 7.58. The minimum Gasteiger partial charge on any atom is -0.370 e. The first kappa shape index (κ1) is 18.8. The molecular formula is C20H32N6. The van der Waals surface area contributed by atoms with Gasteiger partial charge in [0.05, 0.1) is 11.7 Å². The Morgan fingerprint density at radius 1 is 1.04 bits per heavy atom. The first-order valence-corrected chi connectivity index (χ1v) is 9.98. The zero-order chi connectivity index (χ0) is 18.2. The molecule has 6 nitrogen and oxygen atoms in total. The summed E-state index contributed by atoms with van der Waals surface area (Å²) in [6.45, 7) is 1.98. The molecule has 2 aromatic rings. The lowest BCUT2D eigenvalue weighted by Crippen LogP contribution is -2.21. The molecule has 3 rings (SSSR count). The summed E-state index contributed by atoms with van der Waals surface area (Å²) in [4.78, 5) is 15.6. The molecule has 0 saturated heterocycles. The normalized spacial score (nSPS) is 16.4. The number of nitrogens with one attached hydrogen (secondary N) is 2. The van der Waals surface area contributed by atoms with E-state index in [0.29, 0.717) is 6.04 Å². The van der Waals surface area contributed by atoms with Crippen molar-refractivity contribution in [3.63, 3.8) is 0 Å². The minimum atomic E-state index is 0.512. The molecule has 1 fully saturated rings. The third-order valence-electron chi connectivity index (χ3n) is 5.06. The molecule has 0 atom stereocenters. The fraction of sp³-hybridized carbons (Fsp3) is 0.650. The Kier molecular flexibility index (Phi) is 7.00. The van der Waals surface area contributed by atoms with Gasteiger partial charge in [0.15, 0.2) is 0 Å². The lowest BCUT2D eigenvalue weighted by Gasteiger charge is -2.22. The van der Waals surface area contributed by atoms with Crippen LogP contribution in [0.5, 0.6) is 0 Å². The van der Waals surface area contributed by atoms with Crippen molar-refractivity contribution in [2.45, 2.75) is 57.4 Å². The molecule has 2 N–H and O–H groups in total. The summed E-state index contributed by atoms with van der Waals surface area (Å²) >= 11 is 0. The molecule has 26 heavy (non-hydrogen) atoms. The third kappa shape index (κ3) is 5.53. The van der Waals surface area contributed by atoms with Gasteiger partial charge in [-0.2, -0.15) is 0 Å². The fourth-order valence-electron chi connectivity index (χ4n) is 3.58. The molecule has 1 aliphatic carbocycles. The lowest BCUT2D eigenvalue weighted by atomic mass is 9.96. The van der Waals surface area contributed by atoms with Crippen LogP contribution in [0.4, 0.5) is 11.6 Å². The second kappa shape index (κ2) is 9.67. The van der Waals surface area contributed by atoms with E-state index in [9.17, 15) is 0 Å². The smallest absolute Gasteiger partial charge is 0.137 e. The van der Waals surface area contributed by atoms with Gasteiger partial charge in [0, 0.05) is 18.0 Å². The highest BCUT2D eigenvalue weighted by Gasteiger charge is 2.14. The van der Waals surface area contributed by atoms with Crippen molar-refractivity contribution in [2.75, 3.05) is 37.8 Å². The van der Waals surface area contributed by atoms with Crippen LogP contribution in [0.1, 0.15) is 51.4 Å². The number of fused-ring (bicyclic) bond motifs is 1. The van der Waals surface area contributed by atoms with Gasteiger partial charge in [-0.25, -0.2) is 15.0 Å². The average molecular weight is 357 g/mol. The van der Waals surface area contributed by atoms with Gasteiger partial charge in [-0.15, -0.1) is 0 Å². The Bertz CT molecular complexity index is 679. The second-order valence-electron chi connectivity index (χ2n) is 7.58. The Hall–Kier alpha value is -1.95. The number of pyridine rings is 1. The lowest BCUT2D eigenvalue weighted by molar-refractivity contribution is 0.405. The summed E-state index contributed by atoms with van der Waals surface area (Å²) in [5.41, 5.74) is 0.896. The van der Waals surface area contributed by atoms with E-state index in [4.69, 9.17) is 0 Å². The molecule has 0 amide bonds. The highest BCUT2D eigenvalue weighted by molar-refractivity contribution is 5.90. The number of rotatable bonds is 7. The molecule has 0 unspecified atom stereocenters. The maximum absolute atomic E-state index is 4.53. The summed E-state index contributed by atoms with van der Waals surface area (Å²) in [7, 11) is 4.19. The fourth-order valence-corrected chi connectivity index (χ4v) is 3.58. The molecular weight excluding hydrogens is 324 g/mol. The number of nitrogens with zero attached hydrogens (tertiary/aromatic N) is 4. The Labute approximate surface area is 156 Å². The topological polar surface area (TPSA) is 66.0 Å². The van der Waals surface area contributed by atoms with Gasteiger partial charge < -0.3 is 15.5 Å². The predicted molar refractivity (Wildman–Crippen MR) is 109 cm³/mol. The van der Waals surface area contributed by atoms with E-state index >= 15 is 0 Å². The summed E-state index contributed by atoms with van der Waals surface area (Å²) in [6, 6.07) is 2.59. The van der Waals surface area contributed by atoms with Crippen molar-refractivity contribution in [3.05, 3.63) is 18.6 Å². The minimum absolute atomic E-state index is 0.512. The van der Waals surface area contributed by atoms with Crippen molar-refractivity contribution < 1.29 is 0 Å². The van der Waals surface area contributed by atoms with Crippen molar-refractivity contribution in [2.24, 2.45) is 0 Å². The average Bonchev–Trinajstić information content (AvgIpc) is 2.61. The zero-order valence-electron chi connectivity index (χ0n) is 16.2. The van der Waals surface area contributed by atoms with Crippen LogP contribution in [-0.4, -0.2) is 53.1 Å². The summed E-state index contributed by atoms with van der Waals surface area (Å²) in [6.07, 6.45) is 13.7. The number of hydrogen-bond acceptors (Lipinski definition) is 6. The standard InChI is InChI=1S/C20H32N6/c1-26(2)12-8-11-21-19-13-17-18(14-22-19)23-15-24-20(17)25-16-9-6-4-3-5-7-10-16/h13-16H,3-12H2,1-2H3,(H,21,22)(H,23,24,25). The highest BCUT2D eigenvalue weighted by Crippen LogP contribution is 2.25. The molecule has 1 saturated carbocycles. The first-order chi connectivity index (χ1) is 12.7. The maximum atomic E-state index is 4.53. The Morgan fingerprint density at radius 2 is 1.81 bits per heavy atom. The van der Waals surface area contributed by atoms with Gasteiger partial charge in [0.25, 0.3) is 0 Å². The van der Waals surface area contributed by atoms with E-state index in [0.717, 1.165) is 42.0 Å². The molecule has 6 heteroatoms. The molecule has 0 aromatic carbocycles.